The molecule has 0 unspecified atom stereocenters. The van der Waals surface area contributed by atoms with E-state index in [2.05, 4.69) is 5.10 Å². The van der Waals surface area contributed by atoms with Crippen LogP contribution >= 0.6 is 0 Å². The molecule has 0 bridgehead atoms. The average molecular weight is 351 g/mol. The second kappa shape index (κ2) is 6.57. The van der Waals surface area contributed by atoms with Crippen molar-refractivity contribution >= 4 is 10.0 Å². The minimum absolute atomic E-state index is 0.190. The van der Waals surface area contributed by atoms with Crippen molar-refractivity contribution in [2.24, 2.45) is 7.05 Å². The summed E-state index contributed by atoms with van der Waals surface area (Å²) in [4.78, 5) is 0.190. The van der Waals surface area contributed by atoms with Crippen molar-refractivity contribution in [3.05, 3.63) is 40.2 Å². The van der Waals surface area contributed by atoms with Gasteiger partial charge in [0.1, 0.15) is 10.6 Å². The molecule has 6 nitrogen and oxygen atoms in total. The molecule has 132 valence electrons. The second-order valence-corrected chi connectivity index (χ2v) is 8.13. The molecule has 0 saturated heterocycles. The van der Waals surface area contributed by atoms with Crippen molar-refractivity contribution in [1.29, 1.82) is 0 Å². The van der Waals surface area contributed by atoms with E-state index in [1.165, 1.54) is 11.4 Å². The van der Waals surface area contributed by atoms with Crippen LogP contribution in [0, 0.1) is 27.7 Å². The first-order valence-electron chi connectivity index (χ1n) is 7.70. The van der Waals surface area contributed by atoms with Crippen LogP contribution in [0.1, 0.15) is 28.1 Å². The zero-order valence-electron chi connectivity index (χ0n) is 15.3. The smallest absolute Gasteiger partial charge is 0.246 e. The topological polar surface area (TPSA) is 64.4 Å². The largest absolute Gasteiger partial charge is 0.495 e. The Bertz CT molecular complexity index is 870. The van der Waals surface area contributed by atoms with E-state index in [0.29, 0.717) is 5.75 Å². The van der Waals surface area contributed by atoms with Crippen LogP contribution < -0.4 is 4.74 Å². The number of aromatic nitrogens is 2. The Hall–Kier alpha value is -1.86. The predicted molar refractivity (Wildman–Crippen MR) is 93.8 cm³/mol. The number of hydrogen-bond acceptors (Lipinski definition) is 4. The maximum atomic E-state index is 13.0. The van der Waals surface area contributed by atoms with Crippen LogP contribution in [0.5, 0.6) is 5.75 Å². The first-order valence-corrected chi connectivity index (χ1v) is 9.14. The quantitative estimate of drug-likeness (QED) is 0.830. The van der Waals surface area contributed by atoms with Gasteiger partial charge in [-0.05, 0) is 51.0 Å². The highest BCUT2D eigenvalue weighted by atomic mass is 32.2. The van der Waals surface area contributed by atoms with Gasteiger partial charge in [-0.2, -0.15) is 9.40 Å². The van der Waals surface area contributed by atoms with Crippen LogP contribution in [0.25, 0.3) is 0 Å². The number of aryl methyl sites for hydroxylation is 4. The molecule has 24 heavy (non-hydrogen) atoms. The molecule has 2 rings (SSSR count). The lowest BCUT2D eigenvalue weighted by Crippen LogP contribution is -2.27. The maximum Gasteiger partial charge on any atom is 0.246 e. The molecule has 0 fully saturated rings. The summed E-state index contributed by atoms with van der Waals surface area (Å²) in [5.41, 5.74) is 4.63. The van der Waals surface area contributed by atoms with Gasteiger partial charge < -0.3 is 4.74 Å². The lowest BCUT2D eigenvalue weighted by molar-refractivity contribution is 0.397. The molecule has 0 radical (unpaired) electrons. The summed E-state index contributed by atoms with van der Waals surface area (Å²) in [5, 5.41) is 4.35. The highest BCUT2D eigenvalue weighted by molar-refractivity contribution is 7.89. The number of methoxy groups -OCH3 is 1. The molecule has 1 aromatic carbocycles. The number of rotatable bonds is 5. The molecule has 0 aliphatic carbocycles. The number of sulfonamides is 1. The Labute approximate surface area is 144 Å². The van der Waals surface area contributed by atoms with Crippen molar-refractivity contribution in [2.45, 2.75) is 39.1 Å². The Morgan fingerprint density at radius 3 is 2.25 bits per heavy atom. The van der Waals surface area contributed by atoms with Gasteiger partial charge >= 0.3 is 0 Å². The van der Waals surface area contributed by atoms with Gasteiger partial charge in [0.25, 0.3) is 0 Å². The van der Waals surface area contributed by atoms with Crippen LogP contribution in [0.15, 0.2) is 17.0 Å². The van der Waals surface area contributed by atoms with Crippen LogP contribution in [0.3, 0.4) is 0 Å². The molecule has 0 amide bonds. The summed E-state index contributed by atoms with van der Waals surface area (Å²) >= 11 is 0. The fraction of sp³-hybridized carbons (Fsp3) is 0.471. The van der Waals surface area contributed by atoms with Crippen molar-refractivity contribution in [1.82, 2.24) is 14.1 Å². The van der Waals surface area contributed by atoms with Crippen LogP contribution in [0.4, 0.5) is 0 Å². The zero-order chi connectivity index (χ0) is 18.2. The summed E-state index contributed by atoms with van der Waals surface area (Å²) < 4.78 is 34.5. The van der Waals surface area contributed by atoms with Gasteiger partial charge in [0, 0.05) is 31.9 Å². The van der Waals surface area contributed by atoms with Crippen molar-refractivity contribution in [3.63, 3.8) is 0 Å². The van der Waals surface area contributed by atoms with E-state index in [-0.39, 0.29) is 11.4 Å². The van der Waals surface area contributed by atoms with E-state index in [1.54, 1.807) is 23.9 Å². The van der Waals surface area contributed by atoms with Crippen LogP contribution in [0.2, 0.25) is 0 Å². The standard InChI is InChI=1S/C17H25N3O3S/c1-11-8-16(23-7)17(9-12(11)2)24(21,22)19(5)10-15-13(3)18-20(6)14(15)4/h8-9H,10H2,1-7H3. The summed E-state index contributed by atoms with van der Waals surface area (Å²) in [6.07, 6.45) is 0. The SMILES string of the molecule is COc1cc(C)c(C)cc1S(=O)(=O)N(C)Cc1c(C)nn(C)c1C. The predicted octanol–water partition coefficient (Wildman–Crippen LogP) is 2.48. The van der Waals surface area contributed by atoms with Crippen molar-refractivity contribution in [3.8, 4) is 5.75 Å². The molecule has 0 aliphatic heterocycles. The third-order valence-electron chi connectivity index (χ3n) is 4.51. The minimum Gasteiger partial charge on any atom is -0.495 e. The monoisotopic (exact) mass is 351 g/mol. The third-order valence-corrected chi connectivity index (χ3v) is 6.33. The van der Waals surface area contributed by atoms with E-state index in [1.807, 2.05) is 34.7 Å². The summed E-state index contributed by atoms with van der Waals surface area (Å²) in [6, 6.07) is 3.43. The average Bonchev–Trinajstić information content (AvgIpc) is 2.75. The summed E-state index contributed by atoms with van der Waals surface area (Å²) in [5.74, 6) is 0.365. The molecule has 0 aliphatic rings. The fourth-order valence-corrected chi connectivity index (χ4v) is 4.00. The van der Waals surface area contributed by atoms with E-state index in [4.69, 9.17) is 4.74 Å². The van der Waals surface area contributed by atoms with Crippen LogP contribution in [-0.4, -0.2) is 36.7 Å². The Morgan fingerprint density at radius 2 is 1.75 bits per heavy atom. The lowest BCUT2D eigenvalue weighted by atomic mass is 10.1. The van der Waals surface area contributed by atoms with Crippen molar-refractivity contribution in [2.75, 3.05) is 14.2 Å². The maximum absolute atomic E-state index is 13.0. The number of hydrogen-bond donors (Lipinski definition) is 0. The molecule has 0 saturated carbocycles. The summed E-state index contributed by atoms with van der Waals surface area (Å²) in [7, 11) is 1.25. The highest BCUT2D eigenvalue weighted by Crippen LogP contribution is 2.30. The van der Waals surface area contributed by atoms with Gasteiger partial charge in [-0.25, -0.2) is 8.42 Å². The van der Waals surface area contributed by atoms with Crippen molar-refractivity contribution < 1.29 is 13.2 Å². The molecule has 7 heteroatoms. The van der Waals surface area contributed by atoms with Crippen LogP contribution in [-0.2, 0) is 23.6 Å². The fourth-order valence-electron chi connectivity index (χ4n) is 2.65. The number of benzene rings is 1. The van der Waals surface area contributed by atoms with E-state index >= 15 is 0 Å². The molecular weight excluding hydrogens is 326 g/mol. The molecule has 0 N–H and O–H groups in total. The third kappa shape index (κ3) is 3.18. The molecule has 1 aromatic heterocycles. The van der Waals surface area contributed by atoms with Gasteiger partial charge in [-0.3, -0.25) is 4.68 Å². The lowest BCUT2D eigenvalue weighted by Gasteiger charge is -2.20. The van der Waals surface area contributed by atoms with E-state index in [0.717, 1.165) is 28.1 Å². The molecule has 0 spiro atoms. The first kappa shape index (κ1) is 18.5. The molecular formula is C17H25N3O3S. The Kier molecular flexibility index (Phi) is 5.05. The van der Waals surface area contributed by atoms with Gasteiger partial charge in [0.2, 0.25) is 10.0 Å². The molecule has 2 aromatic rings. The second-order valence-electron chi connectivity index (χ2n) is 6.12. The highest BCUT2D eigenvalue weighted by Gasteiger charge is 2.27. The number of ether oxygens (including phenoxy) is 1. The zero-order valence-corrected chi connectivity index (χ0v) is 16.2. The van der Waals surface area contributed by atoms with E-state index in [9.17, 15) is 8.42 Å². The molecule has 1 heterocycles. The summed E-state index contributed by atoms with van der Waals surface area (Å²) in [6.45, 7) is 7.92. The van der Waals surface area contributed by atoms with Gasteiger partial charge in [0.15, 0.2) is 0 Å². The van der Waals surface area contributed by atoms with Gasteiger partial charge in [0.05, 0.1) is 12.8 Å². The number of nitrogens with zero attached hydrogens (tertiary/aromatic N) is 3. The normalized spacial score (nSPS) is 12.0. The first-order chi connectivity index (χ1) is 11.1. The van der Waals surface area contributed by atoms with Gasteiger partial charge in [-0.15, -0.1) is 0 Å². The Morgan fingerprint density at radius 1 is 1.17 bits per heavy atom. The van der Waals surface area contributed by atoms with Gasteiger partial charge in [-0.1, -0.05) is 0 Å². The molecule has 0 atom stereocenters. The minimum atomic E-state index is -3.67. The van der Waals surface area contributed by atoms with E-state index < -0.39 is 10.0 Å². The Balaban J connectivity index is 2.45.